The van der Waals surface area contributed by atoms with E-state index in [2.05, 4.69) is 22.2 Å². The van der Waals surface area contributed by atoms with Gasteiger partial charge < -0.3 is 9.88 Å². The first kappa shape index (κ1) is 16.5. The lowest BCUT2D eigenvalue weighted by Crippen LogP contribution is -2.42. The van der Waals surface area contributed by atoms with E-state index >= 15 is 0 Å². The zero-order chi connectivity index (χ0) is 19.1. The molecule has 0 aliphatic carbocycles. The van der Waals surface area contributed by atoms with Crippen molar-refractivity contribution >= 4 is 11.6 Å². The van der Waals surface area contributed by atoms with E-state index in [4.69, 9.17) is 0 Å². The fraction of sp³-hybridized carbons (Fsp3) is 0.136. The Balaban J connectivity index is 1.55. The third-order valence-electron chi connectivity index (χ3n) is 5.18. The van der Waals surface area contributed by atoms with Gasteiger partial charge in [-0.25, -0.2) is 0 Å². The lowest BCUT2D eigenvalue weighted by Gasteiger charge is -2.30. The Bertz CT molecular complexity index is 1220. The van der Waals surface area contributed by atoms with Crippen LogP contribution in [0.4, 0.5) is 0 Å². The van der Waals surface area contributed by atoms with Crippen LogP contribution in [0, 0.1) is 0 Å². The maximum Gasteiger partial charge on any atom is 0.274 e. The van der Waals surface area contributed by atoms with Crippen LogP contribution < -0.4 is 5.56 Å². The maximum atomic E-state index is 12.6. The van der Waals surface area contributed by atoms with Crippen molar-refractivity contribution in [3.8, 4) is 22.4 Å². The van der Waals surface area contributed by atoms with Crippen LogP contribution in [0.15, 0.2) is 71.7 Å². The van der Waals surface area contributed by atoms with Gasteiger partial charge in [-0.05, 0) is 23.1 Å². The standard InChI is InChI=1S/C22H18N4O2/c27-20-13-19(17-9-7-16(8-10-17)15-5-2-1-3-6-15)24-21-18(14-23-26(20)21)22(28)25-11-4-12-25/h1-3,5-10,13-14,24H,4,11-12H2. The van der Waals surface area contributed by atoms with Crippen LogP contribution in [0.2, 0.25) is 0 Å². The van der Waals surface area contributed by atoms with Gasteiger partial charge in [0.25, 0.3) is 11.5 Å². The highest BCUT2D eigenvalue weighted by atomic mass is 16.2. The summed E-state index contributed by atoms with van der Waals surface area (Å²) in [6.45, 7) is 1.50. The molecule has 2 aromatic heterocycles. The predicted octanol–water partition coefficient (Wildman–Crippen LogP) is 3.20. The summed E-state index contributed by atoms with van der Waals surface area (Å²) >= 11 is 0. The molecule has 4 aromatic rings. The molecular formula is C22H18N4O2. The van der Waals surface area contributed by atoms with Gasteiger partial charge in [-0.3, -0.25) is 9.59 Å². The number of aromatic amines is 1. The highest BCUT2D eigenvalue weighted by molar-refractivity contribution is 6.00. The average Bonchev–Trinajstić information content (AvgIpc) is 3.12. The number of amides is 1. The zero-order valence-electron chi connectivity index (χ0n) is 15.1. The summed E-state index contributed by atoms with van der Waals surface area (Å²) in [4.78, 5) is 30.1. The first-order chi connectivity index (χ1) is 13.7. The van der Waals surface area contributed by atoms with Gasteiger partial charge in [-0.2, -0.15) is 9.61 Å². The number of fused-ring (bicyclic) bond motifs is 1. The zero-order valence-corrected chi connectivity index (χ0v) is 15.1. The summed E-state index contributed by atoms with van der Waals surface area (Å²) in [5.74, 6) is -0.0894. The predicted molar refractivity (Wildman–Crippen MR) is 107 cm³/mol. The minimum atomic E-state index is -0.265. The van der Waals surface area contributed by atoms with Gasteiger partial charge in [0.15, 0.2) is 5.65 Å². The van der Waals surface area contributed by atoms with Gasteiger partial charge in [0.05, 0.1) is 11.9 Å². The third-order valence-corrected chi connectivity index (χ3v) is 5.18. The van der Waals surface area contributed by atoms with Crippen molar-refractivity contribution in [3.05, 3.63) is 82.8 Å². The highest BCUT2D eigenvalue weighted by Gasteiger charge is 2.25. The van der Waals surface area contributed by atoms with Crippen molar-refractivity contribution in [1.29, 1.82) is 0 Å². The Morgan fingerprint density at radius 2 is 1.61 bits per heavy atom. The third kappa shape index (κ3) is 2.70. The Morgan fingerprint density at radius 1 is 0.929 bits per heavy atom. The number of nitrogens with zero attached hydrogens (tertiary/aromatic N) is 3. The Hall–Kier alpha value is -3.67. The molecule has 1 aliphatic rings. The van der Waals surface area contributed by atoms with Gasteiger partial charge >= 0.3 is 0 Å². The fourth-order valence-electron chi connectivity index (χ4n) is 3.46. The molecule has 28 heavy (non-hydrogen) atoms. The van der Waals surface area contributed by atoms with E-state index in [0.717, 1.165) is 36.2 Å². The number of carbonyl (C=O) groups excluding carboxylic acids is 1. The quantitative estimate of drug-likeness (QED) is 0.602. The molecule has 2 aromatic carbocycles. The molecule has 1 N–H and O–H groups in total. The molecule has 0 bridgehead atoms. The van der Waals surface area contributed by atoms with Gasteiger partial charge in [0.1, 0.15) is 5.56 Å². The van der Waals surface area contributed by atoms with Crippen molar-refractivity contribution in [1.82, 2.24) is 19.5 Å². The van der Waals surface area contributed by atoms with E-state index in [1.54, 1.807) is 4.90 Å². The summed E-state index contributed by atoms with van der Waals surface area (Å²) < 4.78 is 1.24. The van der Waals surface area contributed by atoms with Crippen molar-refractivity contribution in [2.24, 2.45) is 0 Å². The van der Waals surface area contributed by atoms with Crippen LogP contribution in [0.3, 0.4) is 0 Å². The second-order valence-corrected chi connectivity index (χ2v) is 6.93. The van der Waals surface area contributed by atoms with E-state index in [0.29, 0.717) is 16.9 Å². The van der Waals surface area contributed by atoms with Crippen LogP contribution in [-0.4, -0.2) is 38.5 Å². The molecule has 6 heteroatoms. The van der Waals surface area contributed by atoms with E-state index in [-0.39, 0.29) is 11.5 Å². The Labute approximate surface area is 161 Å². The molecule has 0 saturated carbocycles. The number of H-pyrrole nitrogens is 1. The molecule has 5 rings (SSSR count). The molecule has 1 saturated heterocycles. The van der Waals surface area contributed by atoms with Crippen LogP contribution in [0.5, 0.6) is 0 Å². The number of carbonyl (C=O) groups is 1. The SMILES string of the molecule is O=C(c1cnn2c(=O)cc(-c3ccc(-c4ccccc4)cc3)[nH]c12)N1CCC1. The van der Waals surface area contributed by atoms with Crippen LogP contribution in [0.1, 0.15) is 16.8 Å². The number of nitrogens with one attached hydrogen (secondary N) is 1. The first-order valence-electron chi connectivity index (χ1n) is 9.27. The molecule has 0 radical (unpaired) electrons. The molecule has 0 spiro atoms. The maximum absolute atomic E-state index is 12.6. The number of hydrogen-bond acceptors (Lipinski definition) is 3. The minimum absolute atomic E-state index is 0.0894. The summed E-state index contributed by atoms with van der Waals surface area (Å²) in [6.07, 6.45) is 2.48. The monoisotopic (exact) mass is 370 g/mol. The second-order valence-electron chi connectivity index (χ2n) is 6.93. The fourth-order valence-corrected chi connectivity index (χ4v) is 3.46. The first-order valence-corrected chi connectivity index (χ1v) is 9.27. The van der Waals surface area contributed by atoms with Gasteiger partial charge in [0, 0.05) is 19.2 Å². The molecule has 1 amide bonds. The highest BCUT2D eigenvalue weighted by Crippen LogP contribution is 2.24. The van der Waals surface area contributed by atoms with E-state index in [1.165, 1.54) is 16.8 Å². The number of aromatic nitrogens is 3. The van der Waals surface area contributed by atoms with Crippen molar-refractivity contribution < 1.29 is 4.79 Å². The average molecular weight is 370 g/mol. The lowest BCUT2D eigenvalue weighted by molar-refractivity contribution is 0.0653. The molecule has 1 fully saturated rings. The van der Waals surface area contributed by atoms with Gasteiger partial charge in [-0.15, -0.1) is 0 Å². The van der Waals surface area contributed by atoms with Gasteiger partial charge in [0.2, 0.25) is 0 Å². The van der Waals surface area contributed by atoms with E-state index < -0.39 is 0 Å². The molecular weight excluding hydrogens is 352 g/mol. The van der Waals surface area contributed by atoms with Gasteiger partial charge in [-0.1, -0.05) is 54.6 Å². The van der Waals surface area contributed by atoms with E-state index in [1.807, 2.05) is 42.5 Å². The largest absolute Gasteiger partial charge is 0.339 e. The molecule has 138 valence electrons. The number of rotatable bonds is 3. The van der Waals surface area contributed by atoms with Crippen molar-refractivity contribution in [2.45, 2.75) is 6.42 Å². The van der Waals surface area contributed by atoms with Crippen LogP contribution in [-0.2, 0) is 0 Å². The lowest BCUT2D eigenvalue weighted by atomic mass is 10.0. The Morgan fingerprint density at radius 3 is 2.29 bits per heavy atom. The molecule has 1 aliphatic heterocycles. The summed E-state index contributed by atoms with van der Waals surface area (Å²) in [7, 11) is 0. The summed E-state index contributed by atoms with van der Waals surface area (Å²) in [5.41, 5.74) is 4.38. The molecule has 3 heterocycles. The van der Waals surface area contributed by atoms with Crippen LogP contribution in [0.25, 0.3) is 28.0 Å². The molecule has 0 unspecified atom stereocenters. The summed E-state index contributed by atoms with van der Waals surface area (Å²) in [5, 5.41) is 4.09. The molecule has 0 atom stereocenters. The van der Waals surface area contributed by atoms with Crippen molar-refractivity contribution in [3.63, 3.8) is 0 Å². The van der Waals surface area contributed by atoms with Crippen molar-refractivity contribution in [2.75, 3.05) is 13.1 Å². The summed E-state index contributed by atoms with van der Waals surface area (Å²) in [6, 6.07) is 19.6. The smallest absolute Gasteiger partial charge is 0.274 e. The molecule has 6 nitrogen and oxygen atoms in total. The van der Waals surface area contributed by atoms with E-state index in [9.17, 15) is 9.59 Å². The number of hydrogen-bond donors (Lipinski definition) is 1. The van der Waals surface area contributed by atoms with Crippen LogP contribution >= 0.6 is 0 Å². The number of benzene rings is 2. The second kappa shape index (κ2) is 6.49. The topological polar surface area (TPSA) is 70.5 Å². The normalized spacial score (nSPS) is 13.5. The minimum Gasteiger partial charge on any atom is -0.339 e. The Kier molecular flexibility index (Phi) is 3.83. The number of likely N-dealkylation sites (tertiary alicyclic amines) is 1.